The number of halogens is 3. The molecule has 0 bridgehead atoms. The van der Waals surface area contributed by atoms with Gasteiger partial charge < -0.3 is 24.6 Å². The van der Waals surface area contributed by atoms with Crippen molar-refractivity contribution in [1.82, 2.24) is 10.3 Å². The summed E-state index contributed by atoms with van der Waals surface area (Å²) < 4.78 is 55.0. The number of ether oxygens (including phenoxy) is 3. The quantitative estimate of drug-likeness (QED) is 0.258. The summed E-state index contributed by atoms with van der Waals surface area (Å²) in [4.78, 5) is 29.8. The van der Waals surface area contributed by atoms with Gasteiger partial charge in [-0.1, -0.05) is 18.2 Å². The number of benzene rings is 2. The van der Waals surface area contributed by atoms with Gasteiger partial charge in [0.1, 0.15) is 18.0 Å². The number of carbonyl (C=O) groups is 2. The summed E-state index contributed by atoms with van der Waals surface area (Å²) in [5, 5.41) is 13.7. The van der Waals surface area contributed by atoms with Gasteiger partial charge >= 0.3 is 6.36 Å². The third-order valence-electron chi connectivity index (χ3n) is 5.61. The molecule has 0 spiro atoms. The van der Waals surface area contributed by atoms with E-state index in [2.05, 4.69) is 15.0 Å². The first-order valence-corrected chi connectivity index (χ1v) is 12.5. The molecule has 0 saturated carbocycles. The number of alkyl halides is 3. The van der Waals surface area contributed by atoms with E-state index < -0.39 is 30.3 Å². The number of Topliss-reactive ketones (excluding diaryl/α,β-unsaturated/α-hetero) is 1. The molecule has 0 aliphatic carbocycles. The topological polar surface area (TPSA) is 107 Å². The number of pyridine rings is 1. The first kappa shape index (κ1) is 27.9. The van der Waals surface area contributed by atoms with Crippen molar-refractivity contribution < 1.29 is 42.1 Å². The number of thiophene rings is 1. The Hall–Kier alpha value is -4.16. The minimum absolute atomic E-state index is 0.0407. The fraction of sp³-hybridized carbons (Fsp3) is 0.222. The lowest BCUT2D eigenvalue weighted by Crippen LogP contribution is -2.30. The van der Waals surface area contributed by atoms with E-state index >= 15 is 0 Å². The number of hydrogen-bond donors (Lipinski definition) is 2. The van der Waals surface area contributed by atoms with Crippen LogP contribution in [0.1, 0.15) is 26.4 Å². The zero-order chi connectivity index (χ0) is 28.2. The molecular weight excluding hydrogens is 537 g/mol. The maximum absolute atomic E-state index is 13.1. The largest absolute Gasteiger partial charge is 0.573 e. The van der Waals surface area contributed by atoms with Crippen molar-refractivity contribution in [2.45, 2.75) is 13.3 Å². The van der Waals surface area contributed by atoms with Crippen LogP contribution in [0.25, 0.3) is 21.3 Å². The number of aromatic nitrogens is 1. The fourth-order valence-electron chi connectivity index (χ4n) is 3.82. The van der Waals surface area contributed by atoms with E-state index in [0.717, 1.165) is 22.4 Å². The number of ketones is 1. The minimum Gasteiger partial charge on any atom is -0.493 e. The summed E-state index contributed by atoms with van der Waals surface area (Å²) in [6, 6.07) is 11.9. The molecule has 0 radical (unpaired) electrons. The number of fused-ring (bicyclic) bond motifs is 1. The highest BCUT2D eigenvalue weighted by atomic mass is 32.1. The maximum Gasteiger partial charge on any atom is 0.573 e. The summed E-state index contributed by atoms with van der Waals surface area (Å²) in [7, 11) is 1.39. The van der Waals surface area contributed by atoms with Crippen LogP contribution in [0.3, 0.4) is 0 Å². The number of methoxy groups -OCH3 is 1. The molecule has 4 rings (SSSR count). The predicted octanol–water partition coefficient (Wildman–Crippen LogP) is 5.16. The lowest BCUT2D eigenvalue weighted by molar-refractivity contribution is -0.274. The summed E-state index contributed by atoms with van der Waals surface area (Å²) in [6.45, 7) is 1.27. The Labute approximate surface area is 225 Å². The normalized spacial score (nSPS) is 11.3. The van der Waals surface area contributed by atoms with Crippen molar-refractivity contribution in [3.05, 3.63) is 70.7 Å². The first-order chi connectivity index (χ1) is 18.6. The number of rotatable bonds is 10. The van der Waals surface area contributed by atoms with Gasteiger partial charge in [-0.25, -0.2) is 4.98 Å². The van der Waals surface area contributed by atoms with Gasteiger partial charge in [-0.05, 0) is 42.8 Å². The number of aliphatic hydroxyl groups is 1. The number of nitrogens with one attached hydrogen (secondary N) is 1. The van der Waals surface area contributed by atoms with E-state index in [1.165, 1.54) is 36.6 Å². The number of amides is 1. The van der Waals surface area contributed by atoms with Crippen LogP contribution in [0.2, 0.25) is 0 Å². The number of carbonyl (C=O) groups excluding carboxylic acids is 2. The van der Waals surface area contributed by atoms with E-state index in [4.69, 9.17) is 14.6 Å². The highest BCUT2D eigenvalue weighted by Crippen LogP contribution is 2.40. The number of hydrogen-bond acceptors (Lipinski definition) is 8. The molecule has 39 heavy (non-hydrogen) atoms. The number of aryl methyl sites for hydroxylation is 1. The summed E-state index contributed by atoms with van der Waals surface area (Å²) in [5.74, 6) is -1.17. The molecule has 2 heterocycles. The van der Waals surface area contributed by atoms with Crippen LogP contribution in [0.4, 0.5) is 13.2 Å². The average Bonchev–Trinajstić information content (AvgIpc) is 3.35. The first-order valence-electron chi connectivity index (χ1n) is 11.6. The molecule has 0 fully saturated rings. The molecule has 4 aromatic rings. The van der Waals surface area contributed by atoms with Gasteiger partial charge in [-0.3, -0.25) is 9.59 Å². The maximum atomic E-state index is 13.1. The summed E-state index contributed by atoms with van der Waals surface area (Å²) in [6.07, 6.45) is -4.96. The van der Waals surface area contributed by atoms with Gasteiger partial charge in [-0.2, -0.15) is 0 Å². The van der Waals surface area contributed by atoms with Crippen molar-refractivity contribution in [2.75, 3.05) is 26.9 Å². The van der Waals surface area contributed by atoms with Crippen LogP contribution in [-0.2, 0) is 0 Å². The van der Waals surface area contributed by atoms with Crippen molar-refractivity contribution in [3.8, 4) is 28.5 Å². The Morgan fingerprint density at radius 3 is 2.56 bits per heavy atom. The predicted molar refractivity (Wildman–Crippen MR) is 139 cm³/mol. The van der Waals surface area contributed by atoms with Gasteiger partial charge in [0.2, 0.25) is 0 Å². The Balaban J connectivity index is 1.58. The van der Waals surface area contributed by atoms with E-state index in [-0.39, 0.29) is 35.9 Å². The summed E-state index contributed by atoms with van der Waals surface area (Å²) in [5.41, 5.74) is 1.24. The average molecular weight is 561 g/mol. The second kappa shape index (κ2) is 11.7. The zero-order valence-electron chi connectivity index (χ0n) is 20.8. The molecular formula is C27H23F3N2O6S. The smallest absolute Gasteiger partial charge is 0.493 e. The molecule has 2 N–H and O–H groups in total. The second-order valence-electron chi connectivity index (χ2n) is 8.24. The molecule has 204 valence electrons. The zero-order valence-corrected chi connectivity index (χ0v) is 21.6. The molecule has 12 heteroatoms. The van der Waals surface area contributed by atoms with Crippen molar-refractivity contribution in [2.24, 2.45) is 0 Å². The highest BCUT2D eigenvalue weighted by molar-refractivity contribution is 7.18. The molecule has 1 amide bonds. The summed E-state index contributed by atoms with van der Waals surface area (Å²) >= 11 is 1.35. The van der Waals surface area contributed by atoms with Crippen LogP contribution >= 0.6 is 11.3 Å². The Morgan fingerprint density at radius 2 is 1.85 bits per heavy atom. The lowest BCUT2D eigenvalue weighted by atomic mass is 10.1. The number of aliphatic hydroxyl groups excluding tert-OH is 1. The standard InChI is InChI=1S/C27H23F3N2O6S/c1-15-4-3-5-17-18(14-39-25(15)17)24-22(38-27(28,29)30)9-7-19(32-24)20(34)13-31-26(35)16-6-8-21(37-11-10-33)23(12-16)36-2/h3-9,12,14,33H,10-11,13H2,1-2H3,(H,31,35). The molecule has 0 saturated heterocycles. The van der Waals surface area contributed by atoms with Gasteiger partial charge in [0.05, 0.1) is 20.3 Å². The van der Waals surface area contributed by atoms with Crippen molar-refractivity contribution >= 4 is 33.1 Å². The Kier molecular flexibility index (Phi) is 8.36. The van der Waals surface area contributed by atoms with E-state index in [1.54, 1.807) is 17.5 Å². The number of nitrogens with zero attached hydrogens (tertiary/aromatic N) is 1. The van der Waals surface area contributed by atoms with Crippen molar-refractivity contribution in [3.63, 3.8) is 0 Å². The molecule has 8 nitrogen and oxygen atoms in total. The van der Waals surface area contributed by atoms with Gasteiger partial charge in [0.15, 0.2) is 23.0 Å². The highest BCUT2D eigenvalue weighted by Gasteiger charge is 2.33. The van der Waals surface area contributed by atoms with Gasteiger partial charge in [-0.15, -0.1) is 24.5 Å². The lowest BCUT2D eigenvalue weighted by Gasteiger charge is -2.14. The molecule has 2 aromatic heterocycles. The van der Waals surface area contributed by atoms with E-state index in [0.29, 0.717) is 16.7 Å². The Morgan fingerprint density at radius 1 is 1.08 bits per heavy atom. The molecule has 0 aliphatic heterocycles. The third kappa shape index (κ3) is 6.47. The van der Waals surface area contributed by atoms with E-state index in [9.17, 15) is 22.8 Å². The van der Waals surface area contributed by atoms with Crippen LogP contribution in [0, 0.1) is 6.92 Å². The molecule has 2 aromatic carbocycles. The molecule has 0 aliphatic rings. The van der Waals surface area contributed by atoms with Crippen LogP contribution in [0.5, 0.6) is 17.2 Å². The van der Waals surface area contributed by atoms with Gasteiger partial charge in [0, 0.05) is 26.6 Å². The van der Waals surface area contributed by atoms with Crippen LogP contribution in [0.15, 0.2) is 53.9 Å². The third-order valence-corrected chi connectivity index (χ3v) is 6.74. The van der Waals surface area contributed by atoms with E-state index in [1.807, 2.05) is 13.0 Å². The Bertz CT molecular complexity index is 1520. The minimum atomic E-state index is -4.96. The van der Waals surface area contributed by atoms with Crippen LogP contribution in [-0.4, -0.2) is 55.0 Å². The van der Waals surface area contributed by atoms with Crippen LogP contribution < -0.4 is 19.5 Å². The SMILES string of the molecule is COc1cc(C(=O)NCC(=O)c2ccc(OC(F)(F)F)c(-c3csc4c(C)cccc34)n2)ccc1OCCO. The fourth-order valence-corrected chi connectivity index (χ4v) is 4.86. The van der Waals surface area contributed by atoms with Crippen molar-refractivity contribution in [1.29, 1.82) is 0 Å². The van der Waals surface area contributed by atoms with Gasteiger partial charge in [0.25, 0.3) is 5.91 Å². The molecule has 0 atom stereocenters. The molecule has 0 unspecified atom stereocenters. The second-order valence-corrected chi connectivity index (χ2v) is 9.12. The monoisotopic (exact) mass is 560 g/mol.